The third-order valence-electron chi connectivity index (χ3n) is 5.49. The molecule has 1 unspecified atom stereocenters. The monoisotopic (exact) mass is 386 g/mol. The first-order valence-corrected chi connectivity index (χ1v) is 9.48. The van der Waals surface area contributed by atoms with Crippen LogP contribution in [0.2, 0.25) is 0 Å². The Kier molecular flexibility index (Phi) is 5.67. The molecule has 1 atom stereocenters. The van der Waals surface area contributed by atoms with Crippen LogP contribution < -0.4 is 10.3 Å². The molecule has 1 heterocycles. The number of anilines is 1. The summed E-state index contributed by atoms with van der Waals surface area (Å²) in [4.78, 5) is 38.5. The lowest BCUT2D eigenvalue weighted by Crippen LogP contribution is -2.47. The zero-order valence-corrected chi connectivity index (χ0v) is 16.2. The van der Waals surface area contributed by atoms with Gasteiger partial charge in [0.25, 0.3) is 5.91 Å². The molecule has 0 bridgehead atoms. The summed E-state index contributed by atoms with van der Waals surface area (Å²) >= 11 is 0. The molecule has 1 aliphatic carbocycles. The highest BCUT2D eigenvalue weighted by atomic mass is 16.4. The van der Waals surface area contributed by atoms with Crippen LogP contribution in [0.3, 0.4) is 0 Å². The fourth-order valence-electron chi connectivity index (χ4n) is 4.00. The van der Waals surface area contributed by atoms with Gasteiger partial charge in [0.05, 0.1) is 11.1 Å². The number of aliphatic carboxylic acids is 1. The van der Waals surface area contributed by atoms with E-state index in [1.54, 1.807) is 43.3 Å². The average Bonchev–Trinajstić information content (AvgIpc) is 3.34. The van der Waals surface area contributed by atoms with Crippen LogP contribution in [-0.4, -0.2) is 60.2 Å². The topological polar surface area (TPSA) is 102 Å². The molecule has 1 saturated carbocycles. The predicted molar refractivity (Wildman–Crippen MR) is 105 cm³/mol. The van der Waals surface area contributed by atoms with Crippen molar-refractivity contribution in [2.75, 3.05) is 25.6 Å². The minimum Gasteiger partial charge on any atom is -0.480 e. The standard InChI is InChI=1S/C20H26N4O4/c1-23(2)19(28)20(10-6-7-11-20)13-21-17(25)15-12-16(18(26)27)24(22-15)14-8-4-3-5-9-14/h3-5,8-9,16H,6-7,10-13H2,1-2H3,(H,21,25)(H,26,27). The number of nitrogens with one attached hydrogen (secondary N) is 1. The molecule has 1 aliphatic heterocycles. The Labute approximate surface area is 164 Å². The van der Waals surface area contributed by atoms with Gasteiger partial charge in [-0.3, -0.25) is 14.6 Å². The van der Waals surface area contributed by atoms with E-state index < -0.39 is 23.3 Å². The summed E-state index contributed by atoms with van der Waals surface area (Å²) in [5.41, 5.74) is 0.207. The molecule has 2 aliphatic rings. The number of carbonyl (C=O) groups is 3. The molecule has 0 aromatic heterocycles. The molecule has 150 valence electrons. The molecule has 2 amide bonds. The number of rotatable bonds is 6. The predicted octanol–water partition coefficient (Wildman–Crippen LogP) is 1.47. The highest BCUT2D eigenvalue weighted by molar-refractivity contribution is 6.40. The summed E-state index contributed by atoms with van der Waals surface area (Å²) < 4.78 is 0. The second-order valence-corrected chi connectivity index (χ2v) is 7.65. The maximum absolute atomic E-state index is 12.7. The number of benzene rings is 1. The number of nitrogens with zero attached hydrogens (tertiary/aromatic N) is 3. The van der Waals surface area contributed by atoms with Crippen LogP contribution in [0.5, 0.6) is 0 Å². The van der Waals surface area contributed by atoms with Crippen molar-refractivity contribution in [3.05, 3.63) is 30.3 Å². The fourth-order valence-corrected chi connectivity index (χ4v) is 4.00. The molecule has 0 spiro atoms. The van der Waals surface area contributed by atoms with Gasteiger partial charge in [-0.25, -0.2) is 4.79 Å². The summed E-state index contributed by atoms with van der Waals surface area (Å²) in [6.45, 7) is 0.241. The number of carboxylic acids is 1. The lowest BCUT2D eigenvalue weighted by atomic mass is 9.84. The molecule has 8 nitrogen and oxygen atoms in total. The molecule has 1 aromatic carbocycles. The van der Waals surface area contributed by atoms with Crippen LogP contribution >= 0.6 is 0 Å². The Morgan fingerprint density at radius 3 is 2.43 bits per heavy atom. The highest BCUT2D eigenvalue weighted by Gasteiger charge is 2.43. The van der Waals surface area contributed by atoms with Gasteiger partial charge in [0.15, 0.2) is 6.04 Å². The minimum atomic E-state index is -1.04. The number of carboxylic acid groups (broad SMARTS) is 1. The van der Waals surface area contributed by atoms with E-state index in [9.17, 15) is 19.5 Å². The largest absolute Gasteiger partial charge is 0.480 e. The molecular weight excluding hydrogens is 360 g/mol. The summed E-state index contributed by atoms with van der Waals surface area (Å²) in [6.07, 6.45) is 3.42. The van der Waals surface area contributed by atoms with Crippen molar-refractivity contribution in [2.45, 2.75) is 38.1 Å². The first kappa shape index (κ1) is 19.9. The van der Waals surface area contributed by atoms with Crippen LogP contribution in [-0.2, 0) is 14.4 Å². The molecule has 0 saturated heterocycles. The third-order valence-corrected chi connectivity index (χ3v) is 5.49. The Bertz CT molecular complexity index is 785. The first-order chi connectivity index (χ1) is 13.3. The Hall–Kier alpha value is -2.90. The van der Waals surface area contributed by atoms with Gasteiger partial charge in [-0.05, 0) is 25.0 Å². The van der Waals surface area contributed by atoms with Crippen molar-refractivity contribution in [1.29, 1.82) is 0 Å². The number of carbonyl (C=O) groups excluding carboxylic acids is 2. The lowest BCUT2D eigenvalue weighted by molar-refractivity contribution is -0.139. The number of hydrogen-bond donors (Lipinski definition) is 2. The van der Waals surface area contributed by atoms with Crippen molar-refractivity contribution in [3.63, 3.8) is 0 Å². The first-order valence-electron chi connectivity index (χ1n) is 9.48. The van der Waals surface area contributed by atoms with Gasteiger partial charge in [-0.15, -0.1) is 0 Å². The Morgan fingerprint density at radius 2 is 1.86 bits per heavy atom. The number of amides is 2. The molecule has 28 heavy (non-hydrogen) atoms. The van der Waals surface area contributed by atoms with Crippen LogP contribution in [0.15, 0.2) is 35.4 Å². The molecule has 1 aromatic rings. The maximum atomic E-state index is 12.7. The number of hydrazone groups is 1. The zero-order chi connectivity index (χ0) is 20.3. The van der Waals surface area contributed by atoms with Crippen molar-refractivity contribution in [1.82, 2.24) is 10.2 Å². The van der Waals surface area contributed by atoms with Gasteiger partial charge < -0.3 is 15.3 Å². The average molecular weight is 386 g/mol. The van der Waals surface area contributed by atoms with Crippen LogP contribution in [0.4, 0.5) is 5.69 Å². The lowest BCUT2D eigenvalue weighted by Gasteiger charge is -2.30. The van der Waals surface area contributed by atoms with E-state index in [1.165, 1.54) is 5.01 Å². The summed E-state index contributed by atoms with van der Waals surface area (Å²) in [7, 11) is 3.45. The van der Waals surface area contributed by atoms with Gasteiger partial charge in [-0.1, -0.05) is 31.0 Å². The van der Waals surface area contributed by atoms with E-state index in [-0.39, 0.29) is 24.6 Å². The van der Waals surface area contributed by atoms with Gasteiger partial charge in [0, 0.05) is 27.1 Å². The van der Waals surface area contributed by atoms with Crippen LogP contribution in [0.25, 0.3) is 0 Å². The minimum absolute atomic E-state index is 0.0185. The van der Waals surface area contributed by atoms with Gasteiger partial charge in [0.2, 0.25) is 5.91 Å². The summed E-state index contributed by atoms with van der Waals surface area (Å²) in [6, 6.07) is 7.99. The quantitative estimate of drug-likeness (QED) is 0.771. The van der Waals surface area contributed by atoms with Crippen molar-refractivity contribution >= 4 is 29.2 Å². The van der Waals surface area contributed by atoms with E-state index >= 15 is 0 Å². The molecule has 2 N–H and O–H groups in total. The molecular formula is C20H26N4O4. The van der Waals surface area contributed by atoms with E-state index in [1.807, 2.05) is 6.07 Å². The molecule has 0 radical (unpaired) electrons. The van der Waals surface area contributed by atoms with Gasteiger partial charge in [0.1, 0.15) is 5.71 Å². The SMILES string of the molecule is CN(C)C(=O)C1(CNC(=O)C2=NN(c3ccccc3)C(C(=O)O)C2)CCCC1. The van der Waals surface area contributed by atoms with Crippen molar-refractivity contribution < 1.29 is 19.5 Å². The van der Waals surface area contributed by atoms with E-state index in [2.05, 4.69) is 10.4 Å². The Balaban J connectivity index is 1.73. The van der Waals surface area contributed by atoms with Crippen LogP contribution in [0.1, 0.15) is 32.1 Å². The molecule has 8 heteroatoms. The number of para-hydroxylation sites is 1. The highest BCUT2D eigenvalue weighted by Crippen LogP contribution is 2.39. The summed E-state index contributed by atoms with van der Waals surface area (Å²) in [5, 5.41) is 18.0. The smallest absolute Gasteiger partial charge is 0.328 e. The summed E-state index contributed by atoms with van der Waals surface area (Å²) in [5.74, 6) is -1.43. The molecule has 3 rings (SSSR count). The maximum Gasteiger partial charge on any atom is 0.328 e. The second kappa shape index (κ2) is 8.00. The number of hydrogen-bond acceptors (Lipinski definition) is 5. The van der Waals surface area contributed by atoms with E-state index in [4.69, 9.17) is 0 Å². The van der Waals surface area contributed by atoms with Gasteiger partial charge >= 0.3 is 5.97 Å². The second-order valence-electron chi connectivity index (χ2n) is 7.65. The van der Waals surface area contributed by atoms with Crippen LogP contribution in [0, 0.1) is 5.41 Å². The van der Waals surface area contributed by atoms with Crippen molar-refractivity contribution in [3.8, 4) is 0 Å². The van der Waals surface area contributed by atoms with Gasteiger partial charge in [-0.2, -0.15) is 5.10 Å². The third kappa shape index (κ3) is 3.85. The Morgan fingerprint density at radius 1 is 1.21 bits per heavy atom. The zero-order valence-electron chi connectivity index (χ0n) is 16.2. The molecule has 1 fully saturated rings. The van der Waals surface area contributed by atoms with E-state index in [0.717, 1.165) is 25.7 Å². The normalized spacial score (nSPS) is 20.6. The van der Waals surface area contributed by atoms with E-state index in [0.29, 0.717) is 5.69 Å². The van der Waals surface area contributed by atoms with Crippen molar-refractivity contribution in [2.24, 2.45) is 10.5 Å². The fraction of sp³-hybridized carbons (Fsp3) is 0.500.